The zero-order chi connectivity index (χ0) is 16.3. The number of nitrogens with zero attached hydrogens (tertiary/aromatic N) is 2. The van der Waals surface area contributed by atoms with E-state index in [1.165, 1.54) is 12.4 Å². The molecule has 23 heavy (non-hydrogen) atoms. The zero-order valence-electron chi connectivity index (χ0n) is 12.6. The summed E-state index contributed by atoms with van der Waals surface area (Å²) in [6.45, 7) is 0. The van der Waals surface area contributed by atoms with Gasteiger partial charge in [-0.3, -0.25) is 0 Å². The maximum absolute atomic E-state index is 10.8. The predicted octanol–water partition coefficient (Wildman–Crippen LogP) is 2.42. The van der Waals surface area contributed by atoms with Crippen LogP contribution in [0, 0.1) is 0 Å². The molecule has 0 bridgehead atoms. The highest BCUT2D eigenvalue weighted by atomic mass is 16.4. The van der Waals surface area contributed by atoms with E-state index in [0.717, 1.165) is 18.4 Å². The first-order valence-electron chi connectivity index (χ1n) is 7.67. The summed E-state index contributed by atoms with van der Waals surface area (Å²) in [5.74, 6) is -0.528. The van der Waals surface area contributed by atoms with Crippen LogP contribution in [0.5, 0.6) is 0 Å². The maximum atomic E-state index is 10.8. The molecule has 0 spiro atoms. The van der Waals surface area contributed by atoms with Crippen LogP contribution in [0.3, 0.4) is 0 Å². The van der Waals surface area contributed by atoms with E-state index < -0.39 is 11.6 Å². The first-order chi connectivity index (χ1) is 11.1. The third kappa shape index (κ3) is 3.48. The number of nitrogens with one attached hydrogen (secondary N) is 1. The molecular formula is C17H19N3O3. The summed E-state index contributed by atoms with van der Waals surface area (Å²) in [5.41, 5.74) is 0.125. The standard InChI is InChI=1S/C17H19N3O3/c21-16(22)14-10-19-15(11-18-14)20-13-6-8-17(23,9-7-13)12-4-2-1-3-5-12/h1-5,10-11,13,23H,6-9H2,(H,19,20)(H,21,22). The van der Waals surface area contributed by atoms with E-state index in [-0.39, 0.29) is 11.7 Å². The Kier molecular flexibility index (Phi) is 4.25. The van der Waals surface area contributed by atoms with Gasteiger partial charge in [0.2, 0.25) is 0 Å². The number of carbonyl (C=O) groups is 1. The van der Waals surface area contributed by atoms with E-state index >= 15 is 0 Å². The average molecular weight is 313 g/mol. The van der Waals surface area contributed by atoms with Crippen molar-refractivity contribution in [2.45, 2.75) is 37.3 Å². The van der Waals surface area contributed by atoms with Crippen molar-refractivity contribution in [2.24, 2.45) is 0 Å². The minimum absolute atomic E-state index is 0.0716. The minimum atomic E-state index is -1.09. The highest BCUT2D eigenvalue weighted by molar-refractivity contribution is 5.84. The highest BCUT2D eigenvalue weighted by Crippen LogP contribution is 2.37. The number of aliphatic hydroxyl groups is 1. The molecular weight excluding hydrogens is 294 g/mol. The van der Waals surface area contributed by atoms with Gasteiger partial charge in [-0.2, -0.15) is 0 Å². The Bertz CT molecular complexity index is 665. The molecule has 0 amide bonds. The second-order valence-corrected chi connectivity index (χ2v) is 5.91. The Balaban J connectivity index is 1.60. The molecule has 1 fully saturated rings. The molecule has 0 radical (unpaired) electrons. The quantitative estimate of drug-likeness (QED) is 0.802. The summed E-state index contributed by atoms with van der Waals surface area (Å²) in [7, 11) is 0. The van der Waals surface area contributed by atoms with Crippen molar-refractivity contribution in [2.75, 3.05) is 5.32 Å². The van der Waals surface area contributed by atoms with Crippen molar-refractivity contribution in [1.29, 1.82) is 0 Å². The van der Waals surface area contributed by atoms with Crippen molar-refractivity contribution >= 4 is 11.8 Å². The number of hydrogen-bond acceptors (Lipinski definition) is 5. The number of hydrogen-bond donors (Lipinski definition) is 3. The molecule has 1 aliphatic rings. The molecule has 0 atom stereocenters. The first-order valence-corrected chi connectivity index (χ1v) is 7.67. The molecule has 6 heteroatoms. The molecule has 1 heterocycles. The fourth-order valence-electron chi connectivity index (χ4n) is 3.00. The van der Waals surface area contributed by atoms with E-state index in [2.05, 4.69) is 15.3 Å². The normalized spacial score (nSPS) is 24.1. The highest BCUT2D eigenvalue weighted by Gasteiger charge is 2.34. The number of carboxylic acid groups (broad SMARTS) is 1. The van der Waals surface area contributed by atoms with Crippen LogP contribution in [-0.4, -0.2) is 32.2 Å². The summed E-state index contributed by atoms with van der Waals surface area (Å²) in [4.78, 5) is 18.7. The molecule has 0 aliphatic heterocycles. The van der Waals surface area contributed by atoms with Gasteiger partial charge in [-0.1, -0.05) is 30.3 Å². The second kappa shape index (κ2) is 6.34. The number of carboxylic acids is 1. The van der Waals surface area contributed by atoms with Crippen LogP contribution < -0.4 is 5.32 Å². The van der Waals surface area contributed by atoms with Crippen LogP contribution in [0.2, 0.25) is 0 Å². The summed E-state index contributed by atoms with van der Waals surface area (Å²) in [6, 6.07) is 9.95. The summed E-state index contributed by atoms with van der Waals surface area (Å²) in [5, 5.41) is 22.9. The Morgan fingerprint density at radius 1 is 1.13 bits per heavy atom. The van der Waals surface area contributed by atoms with Crippen molar-refractivity contribution in [1.82, 2.24) is 9.97 Å². The number of rotatable bonds is 4. The molecule has 1 aromatic carbocycles. The van der Waals surface area contributed by atoms with Gasteiger partial charge in [0.15, 0.2) is 5.69 Å². The lowest BCUT2D eigenvalue weighted by molar-refractivity contribution is -0.00334. The van der Waals surface area contributed by atoms with E-state index in [4.69, 9.17) is 5.11 Å². The molecule has 1 aromatic heterocycles. The number of aromatic carboxylic acids is 1. The summed E-state index contributed by atoms with van der Waals surface area (Å²) >= 11 is 0. The lowest BCUT2D eigenvalue weighted by Gasteiger charge is -2.36. The average Bonchev–Trinajstić information content (AvgIpc) is 2.58. The third-order valence-corrected chi connectivity index (χ3v) is 4.35. The van der Waals surface area contributed by atoms with Gasteiger partial charge in [0.25, 0.3) is 0 Å². The molecule has 0 unspecified atom stereocenters. The smallest absolute Gasteiger partial charge is 0.356 e. The van der Waals surface area contributed by atoms with E-state index in [1.807, 2.05) is 30.3 Å². The zero-order valence-corrected chi connectivity index (χ0v) is 12.6. The Morgan fingerprint density at radius 2 is 1.83 bits per heavy atom. The van der Waals surface area contributed by atoms with Crippen molar-refractivity contribution in [3.05, 3.63) is 54.0 Å². The van der Waals surface area contributed by atoms with Gasteiger partial charge in [-0.05, 0) is 31.2 Å². The Labute approximate surface area is 134 Å². The lowest BCUT2D eigenvalue weighted by atomic mass is 9.78. The van der Waals surface area contributed by atoms with Crippen LogP contribution in [-0.2, 0) is 5.60 Å². The van der Waals surface area contributed by atoms with Crippen molar-refractivity contribution < 1.29 is 15.0 Å². The Morgan fingerprint density at radius 3 is 2.39 bits per heavy atom. The molecule has 6 nitrogen and oxygen atoms in total. The van der Waals surface area contributed by atoms with E-state index in [9.17, 15) is 9.90 Å². The number of anilines is 1. The molecule has 2 aromatic rings. The van der Waals surface area contributed by atoms with Gasteiger partial charge in [0.1, 0.15) is 5.82 Å². The molecule has 3 rings (SSSR count). The SMILES string of the molecule is O=C(O)c1cnc(NC2CCC(O)(c3ccccc3)CC2)cn1. The molecule has 3 N–H and O–H groups in total. The van der Waals surface area contributed by atoms with E-state index in [1.54, 1.807) is 0 Å². The van der Waals surface area contributed by atoms with Gasteiger partial charge in [-0.15, -0.1) is 0 Å². The monoisotopic (exact) mass is 313 g/mol. The van der Waals surface area contributed by atoms with Crippen LogP contribution >= 0.6 is 0 Å². The van der Waals surface area contributed by atoms with E-state index in [0.29, 0.717) is 18.7 Å². The molecule has 1 aliphatic carbocycles. The third-order valence-electron chi connectivity index (χ3n) is 4.35. The largest absolute Gasteiger partial charge is 0.476 e. The first kappa shape index (κ1) is 15.4. The van der Waals surface area contributed by atoms with Crippen LogP contribution in [0.15, 0.2) is 42.7 Å². The topological polar surface area (TPSA) is 95.3 Å². The predicted molar refractivity (Wildman–Crippen MR) is 85.2 cm³/mol. The van der Waals surface area contributed by atoms with Gasteiger partial charge < -0.3 is 15.5 Å². The molecule has 1 saturated carbocycles. The van der Waals surface area contributed by atoms with Gasteiger partial charge in [0, 0.05) is 6.04 Å². The van der Waals surface area contributed by atoms with Crippen molar-refractivity contribution in [3.8, 4) is 0 Å². The van der Waals surface area contributed by atoms with Gasteiger partial charge in [-0.25, -0.2) is 14.8 Å². The fourth-order valence-corrected chi connectivity index (χ4v) is 3.00. The van der Waals surface area contributed by atoms with Crippen molar-refractivity contribution in [3.63, 3.8) is 0 Å². The maximum Gasteiger partial charge on any atom is 0.356 e. The van der Waals surface area contributed by atoms with Gasteiger partial charge >= 0.3 is 5.97 Å². The Hall–Kier alpha value is -2.47. The van der Waals surface area contributed by atoms with Crippen LogP contribution in [0.1, 0.15) is 41.7 Å². The number of benzene rings is 1. The van der Waals surface area contributed by atoms with Crippen LogP contribution in [0.25, 0.3) is 0 Å². The van der Waals surface area contributed by atoms with Gasteiger partial charge in [0.05, 0.1) is 18.0 Å². The lowest BCUT2D eigenvalue weighted by Crippen LogP contribution is -2.36. The van der Waals surface area contributed by atoms with Crippen LogP contribution in [0.4, 0.5) is 5.82 Å². The molecule has 120 valence electrons. The minimum Gasteiger partial charge on any atom is -0.476 e. The second-order valence-electron chi connectivity index (χ2n) is 5.91. The molecule has 0 saturated heterocycles. The summed E-state index contributed by atoms with van der Waals surface area (Å²) < 4.78 is 0. The fraction of sp³-hybridized carbons (Fsp3) is 0.353. The number of aromatic nitrogens is 2. The summed E-state index contributed by atoms with van der Waals surface area (Å²) in [6.07, 6.45) is 5.65.